The first-order chi connectivity index (χ1) is 6.40. The molecule has 0 radical (unpaired) electrons. The molecular formula is C10H13NO2. The number of rotatable bonds is 1. The zero-order chi connectivity index (χ0) is 9.10. The molecule has 1 aromatic heterocycles. The molecular weight excluding hydrogens is 166 g/mol. The molecule has 2 aliphatic rings. The summed E-state index contributed by atoms with van der Waals surface area (Å²) in [5, 5.41) is 8.48. The van der Waals surface area contributed by atoms with Crippen LogP contribution in [0.4, 0.5) is 0 Å². The number of hydrogen-bond donors (Lipinski definition) is 1. The summed E-state index contributed by atoms with van der Waals surface area (Å²) in [6.07, 6.45) is 3.75. The molecule has 1 saturated carbocycles. The lowest BCUT2D eigenvalue weighted by molar-refractivity contribution is 0.0231. The SMILES string of the molecule is C1OC2CC12.OCc1ccccn1. The van der Waals surface area contributed by atoms with Crippen LogP contribution in [0.3, 0.4) is 0 Å². The van der Waals surface area contributed by atoms with Crippen LogP contribution in [0.2, 0.25) is 0 Å². The molecule has 13 heavy (non-hydrogen) atoms. The van der Waals surface area contributed by atoms with E-state index in [1.165, 1.54) is 6.42 Å². The molecule has 0 aromatic carbocycles. The molecule has 0 spiro atoms. The first-order valence-corrected chi connectivity index (χ1v) is 4.52. The third-order valence-electron chi connectivity index (χ3n) is 2.27. The van der Waals surface area contributed by atoms with Gasteiger partial charge in [0.2, 0.25) is 0 Å². The quantitative estimate of drug-likeness (QED) is 0.698. The van der Waals surface area contributed by atoms with E-state index in [1.54, 1.807) is 12.3 Å². The van der Waals surface area contributed by atoms with Gasteiger partial charge < -0.3 is 9.84 Å². The highest BCUT2D eigenvalue weighted by molar-refractivity contribution is 5.01. The number of pyridine rings is 1. The van der Waals surface area contributed by atoms with Crippen molar-refractivity contribution in [3.63, 3.8) is 0 Å². The largest absolute Gasteiger partial charge is 0.390 e. The molecule has 2 heterocycles. The standard InChI is InChI=1S/C6H7NO.C4H6O/c8-5-6-3-1-2-4-7-6;1-3-2-5-4(1)3/h1-4,8H,5H2;3-4H,1-2H2. The average molecular weight is 179 g/mol. The topological polar surface area (TPSA) is 42.4 Å². The van der Waals surface area contributed by atoms with E-state index in [9.17, 15) is 0 Å². The number of aliphatic hydroxyl groups excluding tert-OH is 1. The van der Waals surface area contributed by atoms with Crippen molar-refractivity contribution in [3.05, 3.63) is 30.1 Å². The van der Waals surface area contributed by atoms with Crippen LogP contribution < -0.4 is 0 Å². The van der Waals surface area contributed by atoms with Crippen molar-refractivity contribution in [2.45, 2.75) is 19.1 Å². The number of aliphatic hydroxyl groups is 1. The van der Waals surface area contributed by atoms with Crippen molar-refractivity contribution in [1.29, 1.82) is 0 Å². The van der Waals surface area contributed by atoms with E-state index in [4.69, 9.17) is 9.84 Å². The van der Waals surface area contributed by atoms with Gasteiger partial charge in [0.1, 0.15) is 0 Å². The molecule has 1 saturated heterocycles. The maximum atomic E-state index is 8.48. The van der Waals surface area contributed by atoms with Crippen molar-refractivity contribution in [2.75, 3.05) is 6.61 Å². The minimum absolute atomic E-state index is 0.0286. The number of nitrogens with zero attached hydrogens (tertiary/aromatic N) is 1. The first kappa shape index (κ1) is 8.66. The van der Waals surface area contributed by atoms with Gasteiger partial charge in [-0.1, -0.05) is 6.07 Å². The van der Waals surface area contributed by atoms with Gasteiger partial charge in [0.25, 0.3) is 0 Å². The van der Waals surface area contributed by atoms with Crippen LogP contribution >= 0.6 is 0 Å². The fourth-order valence-electron chi connectivity index (χ4n) is 1.22. The summed E-state index contributed by atoms with van der Waals surface area (Å²) >= 11 is 0. The Morgan fingerprint density at radius 1 is 1.54 bits per heavy atom. The van der Waals surface area contributed by atoms with E-state index in [2.05, 4.69) is 4.98 Å². The lowest BCUT2D eigenvalue weighted by Crippen LogP contribution is -2.12. The Labute approximate surface area is 77.4 Å². The van der Waals surface area contributed by atoms with Crippen LogP contribution in [-0.2, 0) is 11.3 Å². The molecule has 70 valence electrons. The second-order valence-corrected chi connectivity index (χ2v) is 3.35. The van der Waals surface area contributed by atoms with Crippen LogP contribution in [-0.4, -0.2) is 22.8 Å². The number of fused-ring (bicyclic) bond motifs is 1. The minimum Gasteiger partial charge on any atom is -0.390 e. The average Bonchev–Trinajstić information content (AvgIpc) is 2.76. The van der Waals surface area contributed by atoms with Crippen molar-refractivity contribution < 1.29 is 9.84 Å². The summed E-state index contributed by atoms with van der Waals surface area (Å²) < 4.78 is 5.00. The monoisotopic (exact) mass is 179 g/mol. The molecule has 2 unspecified atom stereocenters. The highest BCUT2D eigenvalue weighted by Gasteiger charge is 2.46. The zero-order valence-corrected chi connectivity index (χ0v) is 7.39. The van der Waals surface area contributed by atoms with Gasteiger partial charge in [-0.15, -0.1) is 0 Å². The van der Waals surface area contributed by atoms with E-state index in [-0.39, 0.29) is 6.61 Å². The fraction of sp³-hybridized carbons (Fsp3) is 0.500. The predicted molar refractivity (Wildman–Crippen MR) is 48.0 cm³/mol. The fourth-order valence-corrected chi connectivity index (χ4v) is 1.22. The number of aromatic nitrogens is 1. The van der Waals surface area contributed by atoms with Gasteiger partial charge in [0.15, 0.2) is 0 Å². The molecule has 0 bridgehead atoms. The Hall–Kier alpha value is -0.930. The second kappa shape index (κ2) is 3.85. The van der Waals surface area contributed by atoms with Crippen LogP contribution in [0, 0.1) is 5.92 Å². The Morgan fingerprint density at radius 3 is 2.62 bits per heavy atom. The van der Waals surface area contributed by atoms with E-state index >= 15 is 0 Å². The Balaban J connectivity index is 0.000000110. The lowest BCUT2D eigenvalue weighted by atomic mass is 10.4. The van der Waals surface area contributed by atoms with Gasteiger partial charge in [-0.05, 0) is 18.6 Å². The molecule has 0 amide bonds. The van der Waals surface area contributed by atoms with Crippen LogP contribution in [0.15, 0.2) is 24.4 Å². The predicted octanol–water partition coefficient (Wildman–Crippen LogP) is 0.979. The molecule has 3 heteroatoms. The van der Waals surface area contributed by atoms with Gasteiger partial charge in [-0.3, -0.25) is 4.98 Å². The third-order valence-corrected chi connectivity index (χ3v) is 2.27. The molecule has 1 aliphatic heterocycles. The molecule has 1 aromatic rings. The maximum Gasteiger partial charge on any atom is 0.0852 e. The molecule has 1 aliphatic carbocycles. The highest BCUT2D eigenvalue weighted by Crippen LogP contribution is 2.42. The summed E-state index contributed by atoms with van der Waals surface area (Å²) in [6, 6.07) is 5.44. The number of ether oxygens (including phenoxy) is 1. The van der Waals surface area contributed by atoms with Gasteiger partial charge in [-0.25, -0.2) is 0 Å². The van der Waals surface area contributed by atoms with Crippen molar-refractivity contribution >= 4 is 0 Å². The van der Waals surface area contributed by atoms with Gasteiger partial charge in [0.05, 0.1) is 25.0 Å². The normalized spacial score (nSPS) is 27.8. The minimum atomic E-state index is 0.0286. The van der Waals surface area contributed by atoms with Crippen LogP contribution in [0.1, 0.15) is 12.1 Å². The van der Waals surface area contributed by atoms with Gasteiger partial charge in [-0.2, -0.15) is 0 Å². The molecule has 2 atom stereocenters. The summed E-state index contributed by atoms with van der Waals surface area (Å²) in [5.74, 6) is 1.01. The highest BCUT2D eigenvalue weighted by atomic mass is 16.5. The summed E-state index contributed by atoms with van der Waals surface area (Å²) in [6.45, 7) is 1.09. The molecule has 3 nitrogen and oxygen atoms in total. The van der Waals surface area contributed by atoms with Crippen molar-refractivity contribution in [2.24, 2.45) is 5.92 Å². The number of hydrogen-bond acceptors (Lipinski definition) is 3. The van der Waals surface area contributed by atoms with E-state index in [0.717, 1.165) is 18.6 Å². The molecule has 3 rings (SSSR count). The van der Waals surface area contributed by atoms with Crippen molar-refractivity contribution in [3.8, 4) is 0 Å². The van der Waals surface area contributed by atoms with Crippen LogP contribution in [0.25, 0.3) is 0 Å². The van der Waals surface area contributed by atoms with E-state index in [0.29, 0.717) is 5.69 Å². The Morgan fingerprint density at radius 2 is 2.38 bits per heavy atom. The maximum absolute atomic E-state index is 8.48. The summed E-state index contributed by atoms with van der Waals surface area (Å²) in [4.78, 5) is 3.85. The smallest absolute Gasteiger partial charge is 0.0852 e. The Bertz CT molecular complexity index is 251. The molecule has 2 fully saturated rings. The van der Waals surface area contributed by atoms with E-state index in [1.807, 2.05) is 12.1 Å². The third kappa shape index (κ3) is 2.26. The van der Waals surface area contributed by atoms with Gasteiger partial charge in [0, 0.05) is 12.1 Å². The van der Waals surface area contributed by atoms with Gasteiger partial charge >= 0.3 is 0 Å². The first-order valence-electron chi connectivity index (χ1n) is 4.52. The summed E-state index contributed by atoms with van der Waals surface area (Å²) in [5.41, 5.74) is 0.715. The summed E-state index contributed by atoms with van der Waals surface area (Å²) in [7, 11) is 0. The zero-order valence-electron chi connectivity index (χ0n) is 7.39. The van der Waals surface area contributed by atoms with Crippen molar-refractivity contribution in [1.82, 2.24) is 4.98 Å². The van der Waals surface area contributed by atoms with E-state index < -0.39 is 0 Å². The lowest BCUT2D eigenvalue weighted by Gasteiger charge is -2.08. The Kier molecular flexibility index (Phi) is 2.57. The second-order valence-electron chi connectivity index (χ2n) is 3.35. The van der Waals surface area contributed by atoms with Crippen LogP contribution in [0.5, 0.6) is 0 Å². The molecule has 1 N–H and O–H groups in total.